The van der Waals surface area contributed by atoms with E-state index in [0.29, 0.717) is 23.3 Å². The van der Waals surface area contributed by atoms with Gasteiger partial charge in [-0.2, -0.15) is 4.98 Å². The van der Waals surface area contributed by atoms with Crippen LogP contribution >= 0.6 is 11.6 Å². The van der Waals surface area contributed by atoms with E-state index >= 15 is 0 Å². The molecule has 1 atom stereocenters. The average molecular weight is 372 g/mol. The summed E-state index contributed by atoms with van der Waals surface area (Å²) in [5, 5.41) is 7.29. The number of rotatable bonds is 7. The number of nitrogens with zero attached hydrogens (tertiary/aromatic N) is 2. The van der Waals surface area contributed by atoms with E-state index in [9.17, 15) is 4.79 Å². The van der Waals surface area contributed by atoms with Gasteiger partial charge < -0.3 is 14.6 Å². The molecule has 1 amide bonds. The minimum atomic E-state index is -0.428. The van der Waals surface area contributed by atoms with Gasteiger partial charge in [-0.25, -0.2) is 0 Å². The lowest BCUT2D eigenvalue weighted by atomic mass is 10.2. The summed E-state index contributed by atoms with van der Waals surface area (Å²) in [7, 11) is 0. The van der Waals surface area contributed by atoms with Gasteiger partial charge in [0, 0.05) is 10.6 Å². The van der Waals surface area contributed by atoms with Crippen LogP contribution in [0.1, 0.15) is 24.4 Å². The van der Waals surface area contributed by atoms with Crippen LogP contribution in [0.3, 0.4) is 0 Å². The number of carbonyl (C=O) groups is 1. The Labute approximate surface area is 156 Å². The van der Waals surface area contributed by atoms with Crippen LogP contribution in [0.2, 0.25) is 5.02 Å². The number of carbonyl (C=O) groups excluding carboxylic acids is 1. The number of amides is 1. The maximum Gasteiger partial charge on any atom is 0.249 e. The number of hydrogen-bond donors (Lipinski definition) is 1. The topological polar surface area (TPSA) is 77.2 Å². The summed E-state index contributed by atoms with van der Waals surface area (Å²) in [6, 6.07) is 16.4. The highest BCUT2D eigenvalue weighted by Gasteiger charge is 2.17. The molecule has 3 aromatic rings. The lowest BCUT2D eigenvalue weighted by Crippen LogP contribution is -2.30. The third-order valence-corrected chi connectivity index (χ3v) is 3.85. The monoisotopic (exact) mass is 371 g/mol. The van der Waals surface area contributed by atoms with Crippen molar-refractivity contribution >= 4 is 17.5 Å². The van der Waals surface area contributed by atoms with E-state index in [1.807, 2.05) is 42.5 Å². The Morgan fingerprint density at radius 2 is 2.04 bits per heavy atom. The van der Waals surface area contributed by atoms with Gasteiger partial charge in [0.25, 0.3) is 0 Å². The molecule has 1 N–H and O–H groups in total. The van der Waals surface area contributed by atoms with E-state index < -0.39 is 6.04 Å². The summed E-state index contributed by atoms with van der Waals surface area (Å²) in [5.41, 5.74) is 1.76. The van der Waals surface area contributed by atoms with Crippen molar-refractivity contribution < 1.29 is 14.1 Å². The number of hydrogen-bond acceptors (Lipinski definition) is 5. The molecule has 0 fully saturated rings. The lowest BCUT2D eigenvalue weighted by molar-refractivity contribution is -0.126. The van der Waals surface area contributed by atoms with Gasteiger partial charge in [0.15, 0.2) is 0 Å². The van der Waals surface area contributed by atoms with Crippen LogP contribution in [0.15, 0.2) is 59.1 Å². The van der Waals surface area contributed by atoms with Crippen molar-refractivity contribution in [2.75, 3.05) is 6.61 Å². The Morgan fingerprint density at radius 3 is 2.81 bits per heavy atom. The van der Waals surface area contributed by atoms with Gasteiger partial charge >= 0.3 is 0 Å². The van der Waals surface area contributed by atoms with Crippen LogP contribution in [0.25, 0.3) is 11.4 Å². The van der Waals surface area contributed by atoms with Crippen LogP contribution in [0, 0.1) is 0 Å². The molecule has 0 saturated heterocycles. The smallest absolute Gasteiger partial charge is 0.249 e. The van der Waals surface area contributed by atoms with Crippen LogP contribution in [-0.2, 0) is 16.1 Å². The Bertz CT molecular complexity index is 867. The number of benzene rings is 2. The first-order valence-corrected chi connectivity index (χ1v) is 8.50. The molecule has 0 aliphatic rings. The van der Waals surface area contributed by atoms with Crippen molar-refractivity contribution in [3.05, 3.63) is 71.1 Å². The molecule has 6 nitrogen and oxygen atoms in total. The van der Waals surface area contributed by atoms with Crippen molar-refractivity contribution in [2.45, 2.75) is 19.6 Å². The second-order valence-electron chi connectivity index (χ2n) is 5.73. The summed E-state index contributed by atoms with van der Waals surface area (Å²) in [6.45, 7) is 2.10. The zero-order valence-corrected chi connectivity index (χ0v) is 14.9. The molecule has 0 aliphatic carbocycles. The van der Waals surface area contributed by atoms with Crippen molar-refractivity contribution in [2.24, 2.45) is 0 Å². The zero-order chi connectivity index (χ0) is 18.4. The summed E-state index contributed by atoms with van der Waals surface area (Å²) >= 11 is 5.97. The van der Waals surface area contributed by atoms with E-state index in [1.165, 1.54) is 0 Å². The van der Waals surface area contributed by atoms with Gasteiger partial charge in [-0.15, -0.1) is 0 Å². The van der Waals surface area contributed by atoms with Crippen LogP contribution in [-0.4, -0.2) is 22.7 Å². The van der Waals surface area contributed by atoms with Gasteiger partial charge in [-0.3, -0.25) is 4.79 Å². The molecule has 0 saturated carbocycles. The van der Waals surface area contributed by atoms with Crippen molar-refractivity contribution in [3.8, 4) is 11.4 Å². The molecular formula is C19H18ClN3O3. The SMILES string of the molecule is C[C@@H](NC(=O)COCc1ccccc1)c1nc(-c2cccc(Cl)c2)no1. The van der Waals surface area contributed by atoms with Crippen LogP contribution in [0.5, 0.6) is 0 Å². The van der Waals surface area contributed by atoms with Crippen LogP contribution < -0.4 is 5.32 Å². The standard InChI is InChI=1S/C19H18ClN3O3/c1-13(21-17(24)12-25-11-14-6-3-2-4-7-14)19-22-18(23-26-19)15-8-5-9-16(20)10-15/h2-10,13H,11-12H2,1H3,(H,21,24)/t13-/m1/s1. The quantitative estimate of drug-likeness (QED) is 0.683. The Balaban J connectivity index is 1.51. The lowest BCUT2D eigenvalue weighted by Gasteiger charge is -2.10. The highest BCUT2D eigenvalue weighted by atomic mass is 35.5. The fourth-order valence-corrected chi connectivity index (χ4v) is 2.53. The molecule has 7 heteroatoms. The Morgan fingerprint density at radius 1 is 1.23 bits per heavy atom. The molecule has 0 spiro atoms. The summed E-state index contributed by atoms with van der Waals surface area (Å²) in [4.78, 5) is 16.3. The molecule has 3 rings (SSSR count). The van der Waals surface area contributed by atoms with E-state index in [1.54, 1.807) is 19.1 Å². The van der Waals surface area contributed by atoms with Gasteiger partial charge in [0.1, 0.15) is 12.6 Å². The summed E-state index contributed by atoms with van der Waals surface area (Å²) < 4.78 is 10.6. The highest BCUT2D eigenvalue weighted by molar-refractivity contribution is 6.30. The highest BCUT2D eigenvalue weighted by Crippen LogP contribution is 2.21. The minimum absolute atomic E-state index is 0.0471. The molecule has 1 heterocycles. The average Bonchev–Trinajstić information content (AvgIpc) is 3.13. The zero-order valence-electron chi connectivity index (χ0n) is 14.2. The first-order valence-electron chi connectivity index (χ1n) is 8.12. The molecule has 0 aliphatic heterocycles. The van der Waals surface area contributed by atoms with Gasteiger partial charge in [0.2, 0.25) is 17.6 Å². The normalized spacial score (nSPS) is 11.9. The third kappa shape index (κ3) is 4.91. The molecule has 26 heavy (non-hydrogen) atoms. The largest absolute Gasteiger partial charge is 0.367 e. The molecule has 0 radical (unpaired) electrons. The Hall–Kier alpha value is -2.70. The number of aromatic nitrogens is 2. The number of nitrogens with one attached hydrogen (secondary N) is 1. The second-order valence-corrected chi connectivity index (χ2v) is 6.17. The molecule has 1 aromatic heterocycles. The molecule has 0 bridgehead atoms. The molecule has 134 valence electrons. The fraction of sp³-hybridized carbons (Fsp3) is 0.211. The maximum atomic E-state index is 12.0. The van der Waals surface area contributed by atoms with Crippen molar-refractivity contribution in [3.63, 3.8) is 0 Å². The number of halogens is 1. The molecule has 0 unspecified atom stereocenters. The van der Waals surface area contributed by atoms with Gasteiger partial charge in [-0.1, -0.05) is 59.2 Å². The summed E-state index contributed by atoms with van der Waals surface area (Å²) in [6.07, 6.45) is 0. The number of ether oxygens (including phenoxy) is 1. The fourth-order valence-electron chi connectivity index (χ4n) is 2.34. The summed E-state index contributed by atoms with van der Waals surface area (Å²) in [5.74, 6) is 0.483. The predicted molar refractivity (Wildman–Crippen MR) is 97.4 cm³/mol. The van der Waals surface area contributed by atoms with E-state index in [0.717, 1.165) is 11.1 Å². The predicted octanol–water partition coefficient (Wildman–Crippen LogP) is 3.78. The Kier molecular flexibility index (Phi) is 5.99. The van der Waals surface area contributed by atoms with Crippen molar-refractivity contribution in [1.82, 2.24) is 15.5 Å². The second kappa shape index (κ2) is 8.60. The van der Waals surface area contributed by atoms with Gasteiger partial charge in [0.05, 0.1) is 6.61 Å². The van der Waals surface area contributed by atoms with E-state index in [2.05, 4.69) is 15.5 Å². The first-order chi connectivity index (χ1) is 12.6. The minimum Gasteiger partial charge on any atom is -0.367 e. The van der Waals surface area contributed by atoms with Gasteiger partial charge in [-0.05, 0) is 24.6 Å². The molecule has 2 aromatic carbocycles. The van der Waals surface area contributed by atoms with E-state index in [4.69, 9.17) is 20.9 Å². The third-order valence-electron chi connectivity index (χ3n) is 3.62. The van der Waals surface area contributed by atoms with E-state index in [-0.39, 0.29) is 12.5 Å². The first kappa shape index (κ1) is 18.1. The van der Waals surface area contributed by atoms with Crippen LogP contribution in [0.4, 0.5) is 0 Å². The molecular weight excluding hydrogens is 354 g/mol. The van der Waals surface area contributed by atoms with Crippen molar-refractivity contribution in [1.29, 1.82) is 0 Å². The maximum absolute atomic E-state index is 12.0.